The molecule has 0 aromatic carbocycles. The largest absolute Gasteiger partial charge is 0.467 e. The van der Waals surface area contributed by atoms with Crippen LogP contribution < -0.4 is 5.73 Å². The van der Waals surface area contributed by atoms with Crippen LogP contribution in [0.3, 0.4) is 0 Å². The highest BCUT2D eigenvalue weighted by Crippen LogP contribution is 2.06. The lowest BCUT2D eigenvalue weighted by atomic mass is 9.99. The lowest BCUT2D eigenvalue weighted by Crippen LogP contribution is -2.56. The van der Waals surface area contributed by atoms with Crippen LogP contribution in [-0.2, 0) is 14.3 Å². The van der Waals surface area contributed by atoms with Gasteiger partial charge in [-0.05, 0) is 6.92 Å². The van der Waals surface area contributed by atoms with Gasteiger partial charge in [0, 0.05) is 0 Å². The van der Waals surface area contributed by atoms with E-state index in [4.69, 9.17) is 17.3 Å². The molecule has 0 aliphatic heterocycles. The predicted octanol–water partition coefficient (Wildman–Crippen LogP) is -0.315. The third-order valence-electron chi connectivity index (χ3n) is 1.39. The zero-order chi connectivity index (χ0) is 9.07. The molecular formula is C6H10ClNO3. The fraction of sp³-hybridized carbons (Fsp3) is 0.667. The highest BCUT2D eigenvalue weighted by molar-refractivity contribution is 6.25. The number of ether oxygens (including phenoxy) is 1. The van der Waals surface area contributed by atoms with Crippen molar-refractivity contribution in [3.8, 4) is 0 Å². The van der Waals surface area contributed by atoms with Gasteiger partial charge in [0.25, 0.3) is 0 Å². The van der Waals surface area contributed by atoms with Gasteiger partial charge in [0.2, 0.25) is 0 Å². The first-order valence-electron chi connectivity index (χ1n) is 2.93. The Kier molecular flexibility index (Phi) is 3.48. The van der Waals surface area contributed by atoms with E-state index in [-0.39, 0.29) is 5.88 Å². The quantitative estimate of drug-likeness (QED) is 0.367. The monoisotopic (exact) mass is 179 g/mol. The highest BCUT2D eigenvalue weighted by atomic mass is 35.5. The number of rotatable bonds is 3. The standard InChI is InChI=1S/C6H10ClNO3/c1-4(9)6(8,3-7)5(10)11-2/h3,8H2,1-2H3. The Bertz CT molecular complexity index is 183. The van der Waals surface area contributed by atoms with E-state index in [1.54, 1.807) is 0 Å². The Morgan fingerprint density at radius 1 is 1.64 bits per heavy atom. The first kappa shape index (κ1) is 10.4. The van der Waals surface area contributed by atoms with Crippen LogP contribution in [0.25, 0.3) is 0 Å². The molecule has 2 N–H and O–H groups in total. The molecule has 0 heterocycles. The molecule has 0 saturated carbocycles. The van der Waals surface area contributed by atoms with Crippen molar-refractivity contribution in [2.45, 2.75) is 12.5 Å². The second-order valence-corrected chi connectivity index (χ2v) is 2.42. The molecule has 1 unspecified atom stereocenters. The normalized spacial score (nSPS) is 15.3. The minimum atomic E-state index is -1.68. The molecule has 0 fully saturated rings. The average Bonchev–Trinajstić information content (AvgIpc) is 2.01. The number of methoxy groups -OCH3 is 1. The Balaban J connectivity index is 4.59. The van der Waals surface area contributed by atoms with Crippen LogP contribution in [0, 0.1) is 0 Å². The van der Waals surface area contributed by atoms with E-state index in [0.717, 1.165) is 7.11 Å². The number of hydrogen-bond acceptors (Lipinski definition) is 4. The molecule has 0 amide bonds. The predicted molar refractivity (Wildman–Crippen MR) is 40.3 cm³/mol. The van der Waals surface area contributed by atoms with Crippen LogP contribution in [0.15, 0.2) is 0 Å². The topological polar surface area (TPSA) is 69.4 Å². The van der Waals surface area contributed by atoms with Crippen LogP contribution in [0.1, 0.15) is 6.92 Å². The molecule has 0 saturated heterocycles. The minimum Gasteiger partial charge on any atom is -0.467 e. The molecule has 0 radical (unpaired) electrons. The van der Waals surface area contributed by atoms with Crippen molar-refractivity contribution in [3.05, 3.63) is 0 Å². The SMILES string of the molecule is COC(=O)C(N)(CCl)C(C)=O. The summed E-state index contributed by atoms with van der Waals surface area (Å²) < 4.78 is 4.30. The second kappa shape index (κ2) is 3.69. The number of carbonyl (C=O) groups is 2. The number of alkyl halides is 1. The van der Waals surface area contributed by atoms with Gasteiger partial charge in [-0.1, -0.05) is 0 Å². The molecule has 0 aromatic rings. The Hall–Kier alpha value is -0.610. The van der Waals surface area contributed by atoms with Gasteiger partial charge in [0.1, 0.15) is 0 Å². The number of nitrogens with two attached hydrogens (primary N) is 1. The zero-order valence-corrected chi connectivity index (χ0v) is 7.14. The number of ketones is 1. The average molecular weight is 180 g/mol. The summed E-state index contributed by atoms with van der Waals surface area (Å²) in [6.07, 6.45) is 0. The van der Waals surface area contributed by atoms with E-state index in [1.165, 1.54) is 6.92 Å². The molecule has 0 aliphatic carbocycles. The summed E-state index contributed by atoms with van der Waals surface area (Å²) in [6, 6.07) is 0. The molecule has 0 aromatic heterocycles. The van der Waals surface area contributed by atoms with E-state index in [1.807, 2.05) is 0 Å². The molecule has 5 heteroatoms. The summed E-state index contributed by atoms with van der Waals surface area (Å²) in [5, 5.41) is 0. The number of Topliss-reactive ketones (excluding diaryl/α,β-unsaturated/α-hetero) is 1. The maximum atomic E-state index is 10.9. The maximum Gasteiger partial charge on any atom is 0.334 e. The first-order valence-corrected chi connectivity index (χ1v) is 3.46. The van der Waals surface area contributed by atoms with Gasteiger partial charge in [-0.25, -0.2) is 4.79 Å². The van der Waals surface area contributed by atoms with E-state index >= 15 is 0 Å². The van der Waals surface area contributed by atoms with Crippen molar-refractivity contribution in [2.75, 3.05) is 13.0 Å². The smallest absolute Gasteiger partial charge is 0.334 e. The van der Waals surface area contributed by atoms with E-state index in [2.05, 4.69) is 4.74 Å². The summed E-state index contributed by atoms with van der Waals surface area (Å²) >= 11 is 5.33. The molecule has 1 atom stereocenters. The first-order chi connectivity index (χ1) is 4.99. The van der Waals surface area contributed by atoms with Crippen LogP contribution in [-0.4, -0.2) is 30.3 Å². The minimum absolute atomic E-state index is 0.269. The van der Waals surface area contributed by atoms with Crippen LogP contribution >= 0.6 is 11.6 Å². The molecule has 11 heavy (non-hydrogen) atoms. The van der Waals surface area contributed by atoms with Gasteiger partial charge in [-0.15, -0.1) is 11.6 Å². The molecule has 0 aliphatic rings. The number of carbonyl (C=O) groups excluding carboxylic acids is 2. The van der Waals surface area contributed by atoms with Gasteiger partial charge >= 0.3 is 5.97 Å². The maximum absolute atomic E-state index is 10.9. The van der Waals surface area contributed by atoms with Crippen molar-refractivity contribution in [1.82, 2.24) is 0 Å². The third-order valence-corrected chi connectivity index (χ3v) is 1.81. The second-order valence-electron chi connectivity index (χ2n) is 2.15. The van der Waals surface area contributed by atoms with E-state index in [0.29, 0.717) is 0 Å². The Labute approximate surface area is 69.6 Å². The Morgan fingerprint density at radius 3 is 2.18 bits per heavy atom. The molecule has 64 valence electrons. The van der Waals surface area contributed by atoms with Crippen LogP contribution in [0.2, 0.25) is 0 Å². The lowest BCUT2D eigenvalue weighted by molar-refractivity contribution is -0.149. The van der Waals surface area contributed by atoms with Crippen LogP contribution in [0.4, 0.5) is 0 Å². The molecule has 4 nitrogen and oxygen atoms in total. The molecule has 0 rings (SSSR count). The van der Waals surface area contributed by atoms with Gasteiger partial charge in [-0.2, -0.15) is 0 Å². The van der Waals surface area contributed by atoms with E-state index in [9.17, 15) is 9.59 Å². The molecule has 0 bridgehead atoms. The summed E-state index contributed by atoms with van der Waals surface area (Å²) in [4.78, 5) is 21.6. The van der Waals surface area contributed by atoms with Crippen molar-refractivity contribution >= 4 is 23.4 Å². The number of hydrogen-bond donors (Lipinski definition) is 1. The summed E-state index contributed by atoms with van der Waals surface area (Å²) in [7, 11) is 1.15. The van der Waals surface area contributed by atoms with Crippen molar-refractivity contribution in [3.63, 3.8) is 0 Å². The molecule has 0 spiro atoms. The van der Waals surface area contributed by atoms with Crippen molar-refractivity contribution < 1.29 is 14.3 Å². The fourth-order valence-electron chi connectivity index (χ4n) is 0.475. The Morgan fingerprint density at radius 2 is 2.09 bits per heavy atom. The van der Waals surface area contributed by atoms with Crippen molar-refractivity contribution in [1.29, 1.82) is 0 Å². The fourth-order valence-corrected chi connectivity index (χ4v) is 0.772. The summed E-state index contributed by atoms with van der Waals surface area (Å²) in [6.45, 7) is 1.19. The van der Waals surface area contributed by atoms with Gasteiger partial charge in [0.05, 0.1) is 13.0 Å². The number of halogens is 1. The van der Waals surface area contributed by atoms with Gasteiger partial charge in [-0.3, -0.25) is 4.79 Å². The van der Waals surface area contributed by atoms with Gasteiger partial charge < -0.3 is 10.5 Å². The highest BCUT2D eigenvalue weighted by Gasteiger charge is 2.39. The van der Waals surface area contributed by atoms with Crippen molar-refractivity contribution in [2.24, 2.45) is 5.73 Å². The lowest BCUT2D eigenvalue weighted by Gasteiger charge is -2.19. The third kappa shape index (κ3) is 1.91. The molecular weight excluding hydrogens is 170 g/mol. The number of esters is 1. The van der Waals surface area contributed by atoms with E-state index < -0.39 is 17.3 Å². The van der Waals surface area contributed by atoms with Gasteiger partial charge in [0.15, 0.2) is 11.3 Å². The zero-order valence-electron chi connectivity index (χ0n) is 6.39. The summed E-state index contributed by atoms with van der Waals surface area (Å²) in [5.74, 6) is -1.57. The summed E-state index contributed by atoms with van der Waals surface area (Å²) in [5.41, 5.74) is 3.65. The van der Waals surface area contributed by atoms with Crippen LogP contribution in [0.5, 0.6) is 0 Å².